The van der Waals surface area contributed by atoms with Crippen LogP contribution >= 0.6 is 0 Å². The highest BCUT2D eigenvalue weighted by molar-refractivity contribution is 7.89. The first-order valence-corrected chi connectivity index (χ1v) is 9.70. The molecule has 5 nitrogen and oxygen atoms in total. The summed E-state index contributed by atoms with van der Waals surface area (Å²) in [6.45, 7) is 2.34. The van der Waals surface area contributed by atoms with Gasteiger partial charge in [0.1, 0.15) is 5.60 Å². The standard InChI is InChI=1S/C17H21NO4S/c1-12-5-7-13(8-6-12)23(20,21)18-11-9-14-16(19)22-17(14)10-3-2-4-15(17)18/h5-8,14-15H,2-4,9-11H2,1H3/t14?,15-,17?/m0/s1. The topological polar surface area (TPSA) is 63.7 Å². The third-order valence-corrected chi connectivity index (χ3v) is 7.56. The Labute approximate surface area is 136 Å². The minimum atomic E-state index is -3.55. The Balaban J connectivity index is 1.71. The number of esters is 1. The van der Waals surface area contributed by atoms with Gasteiger partial charge in [-0.3, -0.25) is 4.79 Å². The van der Waals surface area contributed by atoms with Crippen LogP contribution in [0, 0.1) is 12.8 Å². The summed E-state index contributed by atoms with van der Waals surface area (Å²) < 4.78 is 33.4. The van der Waals surface area contributed by atoms with Crippen molar-refractivity contribution in [3.05, 3.63) is 29.8 Å². The van der Waals surface area contributed by atoms with Gasteiger partial charge in [0, 0.05) is 6.54 Å². The molecule has 2 heterocycles. The van der Waals surface area contributed by atoms with Crippen molar-refractivity contribution < 1.29 is 17.9 Å². The molecule has 3 aliphatic rings. The molecule has 6 heteroatoms. The molecule has 2 saturated heterocycles. The lowest BCUT2D eigenvalue weighted by Crippen LogP contribution is -2.73. The first-order valence-electron chi connectivity index (χ1n) is 8.26. The second kappa shape index (κ2) is 5.05. The number of hydrogen-bond donors (Lipinski definition) is 0. The second-order valence-electron chi connectivity index (χ2n) is 6.91. The van der Waals surface area contributed by atoms with Crippen LogP contribution in [0.15, 0.2) is 29.2 Å². The van der Waals surface area contributed by atoms with Crippen molar-refractivity contribution in [2.24, 2.45) is 5.92 Å². The number of benzene rings is 1. The van der Waals surface area contributed by atoms with Gasteiger partial charge in [-0.25, -0.2) is 8.42 Å². The van der Waals surface area contributed by atoms with Crippen molar-refractivity contribution in [3.63, 3.8) is 0 Å². The molecule has 3 fully saturated rings. The molecular weight excluding hydrogens is 314 g/mol. The van der Waals surface area contributed by atoms with Gasteiger partial charge in [-0.1, -0.05) is 24.1 Å². The third kappa shape index (κ3) is 2.08. The van der Waals surface area contributed by atoms with Crippen molar-refractivity contribution in [2.45, 2.75) is 55.6 Å². The van der Waals surface area contributed by atoms with Crippen LogP contribution in [0.4, 0.5) is 0 Å². The van der Waals surface area contributed by atoms with Crippen molar-refractivity contribution in [2.75, 3.05) is 6.54 Å². The van der Waals surface area contributed by atoms with Crippen LogP contribution in [0.2, 0.25) is 0 Å². The molecule has 0 N–H and O–H groups in total. The molecule has 0 aromatic heterocycles. The van der Waals surface area contributed by atoms with E-state index in [0.29, 0.717) is 17.9 Å². The van der Waals surface area contributed by atoms with Crippen LogP contribution in [0.3, 0.4) is 0 Å². The number of rotatable bonds is 2. The zero-order valence-electron chi connectivity index (χ0n) is 13.2. The van der Waals surface area contributed by atoms with Crippen LogP contribution in [-0.2, 0) is 19.6 Å². The number of nitrogens with zero attached hydrogens (tertiary/aromatic N) is 1. The molecule has 3 atom stereocenters. The summed E-state index contributed by atoms with van der Waals surface area (Å²) in [6.07, 6.45) is 4.11. The molecule has 0 bridgehead atoms. The Morgan fingerprint density at radius 1 is 1.17 bits per heavy atom. The van der Waals surface area contributed by atoms with Gasteiger partial charge in [-0.2, -0.15) is 4.31 Å². The zero-order chi connectivity index (χ0) is 16.2. The number of carbonyl (C=O) groups excluding carboxylic acids is 1. The molecule has 1 aliphatic carbocycles. The molecule has 2 unspecified atom stereocenters. The maximum atomic E-state index is 13.1. The first kappa shape index (κ1) is 15.1. The first-order chi connectivity index (χ1) is 10.9. The van der Waals surface area contributed by atoms with Crippen LogP contribution in [0.1, 0.15) is 37.7 Å². The number of aryl methyl sites for hydroxylation is 1. The monoisotopic (exact) mass is 335 g/mol. The average Bonchev–Trinajstić information content (AvgIpc) is 2.53. The fraction of sp³-hybridized carbons (Fsp3) is 0.588. The lowest BCUT2D eigenvalue weighted by atomic mass is 9.65. The fourth-order valence-electron chi connectivity index (χ4n) is 4.44. The minimum Gasteiger partial charge on any atom is -0.456 e. The third-order valence-electron chi connectivity index (χ3n) is 5.64. The SMILES string of the molecule is Cc1ccc(S(=O)(=O)N2CCC3C(=O)OC34CCCC[C@H]24)cc1. The van der Waals surface area contributed by atoms with Gasteiger partial charge in [0.15, 0.2) is 0 Å². The Morgan fingerprint density at radius 3 is 2.61 bits per heavy atom. The summed E-state index contributed by atoms with van der Waals surface area (Å²) in [5.41, 5.74) is 0.468. The number of sulfonamides is 1. The van der Waals surface area contributed by atoms with Crippen LogP contribution < -0.4 is 0 Å². The second-order valence-corrected chi connectivity index (χ2v) is 8.80. The van der Waals surface area contributed by atoms with E-state index in [2.05, 4.69) is 0 Å². The van der Waals surface area contributed by atoms with E-state index in [4.69, 9.17) is 4.74 Å². The van der Waals surface area contributed by atoms with Gasteiger partial charge in [-0.15, -0.1) is 0 Å². The van der Waals surface area contributed by atoms with Crippen LogP contribution in [0.25, 0.3) is 0 Å². The molecule has 1 aromatic rings. The number of piperidine rings is 1. The lowest BCUT2D eigenvalue weighted by Gasteiger charge is -2.59. The van der Waals surface area contributed by atoms with Gasteiger partial charge >= 0.3 is 5.97 Å². The highest BCUT2D eigenvalue weighted by Crippen LogP contribution is 2.52. The fourth-order valence-corrected chi connectivity index (χ4v) is 6.16. The van der Waals surface area contributed by atoms with Crippen molar-refractivity contribution in [3.8, 4) is 0 Å². The summed E-state index contributed by atoms with van der Waals surface area (Å²) in [4.78, 5) is 12.1. The van der Waals surface area contributed by atoms with Crippen molar-refractivity contribution in [1.82, 2.24) is 4.31 Å². The normalized spacial score (nSPS) is 34.0. The molecule has 4 rings (SSSR count). The molecule has 124 valence electrons. The lowest BCUT2D eigenvalue weighted by molar-refractivity contribution is -0.242. The van der Waals surface area contributed by atoms with E-state index < -0.39 is 15.6 Å². The summed E-state index contributed by atoms with van der Waals surface area (Å²) >= 11 is 0. The van der Waals surface area contributed by atoms with E-state index in [1.165, 1.54) is 0 Å². The van der Waals surface area contributed by atoms with Gasteiger partial charge in [0.05, 0.1) is 16.9 Å². The van der Waals surface area contributed by atoms with Crippen LogP contribution in [0.5, 0.6) is 0 Å². The maximum Gasteiger partial charge on any atom is 0.313 e. The zero-order valence-corrected chi connectivity index (χ0v) is 14.0. The van der Waals surface area contributed by atoms with E-state index in [0.717, 1.165) is 31.2 Å². The van der Waals surface area contributed by atoms with Gasteiger partial charge in [0.25, 0.3) is 0 Å². The Morgan fingerprint density at radius 2 is 1.91 bits per heavy atom. The van der Waals surface area contributed by atoms with E-state index in [9.17, 15) is 13.2 Å². The van der Waals surface area contributed by atoms with Gasteiger partial charge < -0.3 is 4.74 Å². The molecular formula is C17H21NO4S. The molecule has 23 heavy (non-hydrogen) atoms. The molecule has 0 radical (unpaired) electrons. The molecule has 1 saturated carbocycles. The van der Waals surface area contributed by atoms with E-state index in [-0.39, 0.29) is 17.9 Å². The van der Waals surface area contributed by atoms with E-state index in [1.807, 2.05) is 19.1 Å². The predicted octanol–water partition coefficient (Wildman–Crippen LogP) is 2.24. The summed E-state index contributed by atoms with van der Waals surface area (Å²) in [5.74, 6) is -0.262. The van der Waals surface area contributed by atoms with Crippen molar-refractivity contribution in [1.29, 1.82) is 0 Å². The van der Waals surface area contributed by atoms with Crippen molar-refractivity contribution >= 4 is 16.0 Å². The molecule has 1 spiro atoms. The molecule has 2 aliphatic heterocycles. The quantitative estimate of drug-likeness (QED) is 0.778. The van der Waals surface area contributed by atoms with Crippen LogP contribution in [-0.4, -0.2) is 36.9 Å². The Bertz CT molecular complexity index is 742. The van der Waals surface area contributed by atoms with Gasteiger partial charge in [-0.05, 0) is 44.7 Å². The summed E-state index contributed by atoms with van der Waals surface area (Å²) in [7, 11) is -3.55. The smallest absolute Gasteiger partial charge is 0.313 e. The van der Waals surface area contributed by atoms with E-state index >= 15 is 0 Å². The Kier molecular flexibility index (Phi) is 3.32. The largest absolute Gasteiger partial charge is 0.456 e. The average molecular weight is 335 g/mol. The highest BCUT2D eigenvalue weighted by atomic mass is 32.2. The predicted molar refractivity (Wildman–Crippen MR) is 84.3 cm³/mol. The number of carbonyl (C=O) groups is 1. The highest BCUT2D eigenvalue weighted by Gasteiger charge is 2.66. The summed E-state index contributed by atoms with van der Waals surface area (Å²) in [6, 6.07) is 6.76. The number of hydrogen-bond acceptors (Lipinski definition) is 4. The van der Waals surface area contributed by atoms with Gasteiger partial charge in [0.2, 0.25) is 10.0 Å². The van der Waals surface area contributed by atoms with E-state index in [1.54, 1.807) is 16.4 Å². The molecule has 1 aromatic carbocycles. The maximum absolute atomic E-state index is 13.1. The summed E-state index contributed by atoms with van der Waals surface area (Å²) in [5, 5.41) is 0. The molecule has 0 amide bonds. The number of ether oxygens (including phenoxy) is 1. The minimum absolute atomic E-state index is 0.114. The Hall–Kier alpha value is -1.40.